The van der Waals surface area contributed by atoms with E-state index in [-0.39, 0.29) is 5.91 Å². The average Bonchev–Trinajstić information content (AvgIpc) is 2.86. The second kappa shape index (κ2) is 8.90. The van der Waals surface area contributed by atoms with Gasteiger partial charge in [-0.05, 0) is 63.2 Å². The van der Waals surface area contributed by atoms with Gasteiger partial charge in [0.1, 0.15) is 0 Å². The molecule has 28 heavy (non-hydrogen) atoms. The number of piperidine rings is 1. The fourth-order valence-corrected chi connectivity index (χ4v) is 3.87. The monoisotopic (exact) mass is 374 g/mol. The number of aromatic nitrogens is 1. The third-order valence-corrected chi connectivity index (χ3v) is 5.32. The summed E-state index contributed by atoms with van der Waals surface area (Å²) in [5.74, 6) is 7.24. The van der Waals surface area contributed by atoms with Crippen molar-refractivity contribution in [1.29, 1.82) is 0 Å². The maximum atomic E-state index is 12.6. The van der Waals surface area contributed by atoms with Gasteiger partial charge in [0, 0.05) is 12.6 Å². The number of unbranched alkanes of at least 4 members (excludes halogenated alkanes) is 1. The quantitative estimate of drug-likeness (QED) is 0.648. The third kappa shape index (κ3) is 4.18. The van der Waals surface area contributed by atoms with Crippen LogP contribution in [0.4, 0.5) is 17.2 Å². The number of pyridine rings is 1. The predicted molar refractivity (Wildman–Crippen MR) is 113 cm³/mol. The van der Waals surface area contributed by atoms with Crippen LogP contribution in [0.15, 0.2) is 42.6 Å². The Balaban J connectivity index is 1.45. The smallest absolute Gasteiger partial charge is 0.257 e. The zero-order valence-corrected chi connectivity index (χ0v) is 16.2. The molecule has 3 heterocycles. The first-order chi connectivity index (χ1) is 13.8. The molecule has 5 nitrogen and oxygen atoms in total. The van der Waals surface area contributed by atoms with Gasteiger partial charge >= 0.3 is 0 Å². The number of hydrogen-bond donors (Lipinski definition) is 1. The molecule has 0 unspecified atom stereocenters. The summed E-state index contributed by atoms with van der Waals surface area (Å²) in [6, 6.07) is 11.3. The number of hydrogen-bond acceptors (Lipinski definition) is 4. The highest BCUT2D eigenvalue weighted by Crippen LogP contribution is 2.35. The van der Waals surface area contributed by atoms with Crippen molar-refractivity contribution < 1.29 is 4.79 Å². The molecule has 144 valence electrons. The number of rotatable bonds is 4. The summed E-state index contributed by atoms with van der Waals surface area (Å²) in [5, 5.41) is 2.96. The standard InChI is InChI=1S/C23H26N4O/c28-23-19-11-4-5-13-21(19)27(22-20(25-23)12-10-14-24-22)18-9-2-1-6-15-26-16-7-3-8-17-26/h4-5,10-14H,1,3,6-8,15-18H2,(H,25,28). The molecule has 0 atom stereocenters. The summed E-state index contributed by atoms with van der Waals surface area (Å²) in [6.45, 7) is 4.13. The highest BCUT2D eigenvalue weighted by Gasteiger charge is 2.25. The topological polar surface area (TPSA) is 48.5 Å². The van der Waals surface area contributed by atoms with Crippen LogP contribution in [0.3, 0.4) is 0 Å². The molecular formula is C23H26N4O. The fourth-order valence-electron chi connectivity index (χ4n) is 3.87. The summed E-state index contributed by atoms with van der Waals surface area (Å²) < 4.78 is 0. The number of anilines is 3. The minimum Gasteiger partial charge on any atom is -0.319 e. The van der Waals surface area contributed by atoms with Crippen LogP contribution in [-0.2, 0) is 0 Å². The molecule has 4 rings (SSSR count). The lowest BCUT2D eigenvalue weighted by molar-refractivity contribution is 0.102. The highest BCUT2D eigenvalue weighted by atomic mass is 16.1. The van der Waals surface area contributed by atoms with Crippen LogP contribution in [-0.4, -0.2) is 42.0 Å². The van der Waals surface area contributed by atoms with Crippen LogP contribution in [0.1, 0.15) is 42.5 Å². The number of fused-ring (bicyclic) bond motifs is 2. The van der Waals surface area contributed by atoms with Crippen LogP contribution >= 0.6 is 0 Å². The number of nitrogens with zero attached hydrogens (tertiary/aromatic N) is 3. The molecule has 1 saturated heterocycles. The number of nitrogens with one attached hydrogen (secondary N) is 1. The van der Waals surface area contributed by atoms with Crippen LogP contribution in [0.5, 0.6) is 0 Å². The van der Waals surface area contributed by atoms with Crippen molar-refractivity contribution in [3.63, 3.8) is 0 Å². The molecule has 1 aromatic carbocycles. The number of likely N-dealkylation sites (tertiary alicyclic amines) is 1. The molecule has 0 bridgehead atoms. The van der Waals surface area contributed by atoms with Crippen molar-refractivity contribution in [3.8, 4) is 11.8 Å². The van der Waals surface area contributed by atoms with E-state index in [4.69, 9.17) is 0 Å². The van der Waals surface area contributed by atoms with E-state index in [1.807, 2.05) is 41.3 Å². The van der Waals surface area contributed by atoms with Crippen molar-refractivity contribution in [2.75, 3.05) is 36.4 Å². The van der Waals surface area contributed by atoms with E-state index in [2.05, 4.69) is 27.0 Å². The predicted octanol–water partition coefficient (Wildman–Crippen LogP) is 4.05. The van der Waals surface area contributed by atoms with Gasteiger partial charge in [-0.1, -0.05) is 24.5 Å². The van der Waals surface area contributed by atoms with Gasteiger partial charge in [0.15, 0.2) is 5.82 Å². The van der Waals surface area contributed by atoms with Crippen molar-refractivity contribution >= 4 is 23.1 Å². The normalized spacial score (nSPS) is 16.3. The first kappa shape index (κ1) is 18.5. The summed E-state index contributed by atoms with van der Waals surface area (Å²) in [7, 11) is 0. The van der Waals surface area contributed by atoms with Gasteiger partial charge in [-0.2, -0.15) is 0 Å². The van der Waals surface area contributed by atoms with E-state index in [1.165, 1.54) is 32.4 Å². The van der Waals surface area contributed by atoms with E-state index in [9.17, 15) is 4.79 Å². The Kier molecular flexibility index (Phi) is 5.89. The molecule has 1 aromatic heterocycles. The van der Waals surface area contributed by atoms with E-state index < -0.39 is 0 Å². The summed E-state index contributed by atoms with van der Waals surface area (Å²) in [5.41, 5.74) is 2.21. The largest absolute Gasteiger partial charge is 0.319 e. The second-order valence-corrected chi connectivity index (χ2v) is 7.29. The van der Waals surface area contributed by atoms with Crippen molar-refractivity contribution in [1.82, 2.24) is 9.88 Å². The Morgan fingerprint density at radius 1 is 1.04 bits per heavy atom. The third-order valence-electron chi connectivity index (χ3n) is 5.32. The molecule has 2 aromatic rings. The fraction of sp³-hybridized carbons (Fsp3) is 0.391. The Bertz CT molecular complexity index is 893. The van der Waals surface area contributed by atoms with E-state index in [1.54, 1.807) is 6.20 Å². The number of benzene rings is 1. The van der Waals surface area contributed by atoms with Gasteiger partial charge in [0.25, 0.3) is 5.91 Å². The SMILES string of the molecule is O=C1Nc2cccnc2N(CC#CCCCN2CCCCC2)c2ccccc21. The molecule has 1 fully saturated rings. The molecule has 0 aliphatic carbocycles. The molecular weight excluding hydrogens is 348 g/mol. The maximum Gasteiger partial charge on any atom is 0.257 e. The molecule has 2 aliphatic rings. The van der Waals surface area contributed by atoms with Crippen molar-refractivity contribution in [2.45, 2.75) is 32.1 Å². The van der Waals surface area contributed by atoms with Gasteiger partial charge < -0.3 is 15.1 Å². The van der Waals surface area contributed by atoms with Gasteiger partial charge in [-0.3, -0.25) is 4.79 Å². The molecule has 1 N–H and O–H groups in total. The van der Waals surface area contributed by atoms with Gasteiger partial charge in [-0.25, -0.2) is 4.98 Å². The van der Waals surface area contributed by atoms with Gasteiger partial charge in [0.05, 0.1) is 23.5 Å². The number of carbonyl (C=O) groups excluding carboxylic acids is 1. The minimum atomic E-state index is -0.109. The van der Waals surface area contributed by atoms with Crippen LogP contribution < -0.4 is 10.2 Å². The average molecular weight is 374 g/mol. The van der Waals surface area contributed by atoms with Crippen molar-refractivity contribution in [3.05, 3.63) is 48.2 Å². The van der Waals surface area contributed by atoms with E-state index in [0.717, 1.165) is 36.6 Å². The molecule has 1 amide bonds. The Labute approximate surface area is 166 Å². The first-order valence-electron chi connectivity index (χ1n) is 10.1. The highest BCUT2D eigenvalue weighted by molar-refractivity contribution is 6.12. The van der Waals surface area contributed by atoms with Crippen LogP contribution in [0.25, 0.3) is 0 Å². The summed E-state index contributed by atoms with van der Waals surface area (Å²) in [6.07, 6.45) is 7.80. The zero-order valence-electron chi connectivity index (χ0n) is 16.2. The van der Waals surface area contributed by atoms with E-state index in [0.29, 0.717) is 12.1 Å². The first-order valence-corrected chi connectivity index (χ1v) is 10.1. The minimum absolute atomic E-state index is 0.109. The lowest BCUT2D eigenvalue weighted by Crippen LogP contribution is -2.30. The number of carbonyl (C=O) groups is 1. The van der Waals surface area contributed by atoms with Gasteiger partial charge in [-0.15, -0.1) is 5.92 Å². The molecule has 5 heteroatoms. The zero-order chi connectivity index (χ0) is 19.2. The number of para-hydroxylation sites is 1. The maximum absolute atomic E-state index is 12.6. The Hall–Kier alpha value is -2.84. The lowest BCUT2D eigenvalue weighted by Gasteiger charge is -2.25. The van der Waals surface area contributed by atoms with Crippen molar-refractivity contribution in [2.24, 2.45) is 0 Å². The van der Waals surface area contributed by atoms with E-state index >= 15 is 0 Å². The lowest BCUT2D eigenvalue weighted by atomic mass is 10.1. The second-order valence-electron chi connectivity index (χ2n) is 7.29. The Morgan fingerprint density at radius 3 is 2.79 bits per heavy atom. The number of amides is 1. The summed E-state index contributed by atoms with van der Waals surface area (Å²) >= 11 is 0. The molecule has 0 saturated carbocycles. The Morgan fingerprint density at radius 2 is 1.89 bits per heavy atom. The van der Waals surface area contributed by atoms with Crippen LogP contribution in [0.2, 0.25) is 0 Å². The molecule has 0 spiro atoms. The summed E-state index contributed by atoms with van der Waals surface area (Å²) in [4.78, 5) is 21.7. The van der Waals surface area contributed by atoms with Crippen LogP contribution in [0, 0.1) is 11.8 Å². The molecule has 0 radical (unpaired) electrons. The van der Waals surface area contributed by atoms with Gasteiger partial charge in [0.2, 0.25) is 0 Å². The molecule has 2 aliphatic heterocycles.